The first-order chi connectivity index (χ1) is 11.6. The van der Waals surface area contributed by atoms with Crippen LogP contribution in [0.4, 0.5) is 0 Å². The Bertz CT molecular complexity index is 664. The number of aromatic nitrogens is 3. The van der Waals surface area contributed by atoms with Crippen LogP contribution in [0.1, 0.15) is 34.6 Å². The maximum Gasteiger partial charge on any atom is 0.191 e. The molecule has 0 aromatic carbocycles. The molecular weight excluding hydrogens is 447 g/mol. The van der Waals surface area contributed by atoms with E-state index in [9.17, 15) is 0 Å². The molecule has 0 aliphatic carbocycles. The van der Waals surface area contributed by atoms with Crippen molar-refractivity contribution in [3.05, 3.63) is 33.5 Å². The quantitative estimate of drug-likeness (QED) is 0.266. The van der Waals surface area contributed by atoms with Crippen molar-refractivity contribution in [3.8, 4) is 0 Å². The van der Waals surface area contributed by atoms with E-state index in [2.05, 4.69) is 57.2 Å². The normalized spacial score (nSPS) is 11.3. The molecule has 0 saturated heterocycles. The highest BCUT2D eigenvalue weighted by molar-refractivity contribution is 14.0. The zero-order valence-electron chi connectivity index (χ0n) is 15.5. The van der Waals surface area contributed by atoms with Crippen LogP contribution >= 0.6 is 35.3 Å². The van der Waals surface area contributed by atoms with E-state index in [0.29, 0.717) is 0 Å². The fourth-order valence-corrected chi connectivity index (χ4v) is 3.25. The Morgan fingerprint density at radius 1 is 1.28 bits per heavy atom. The highest BCUT2D eigenvalue weighted by Gasteiger charge is 2.02. The summed E-state index contributed by atoms with van der Waals surface area (Å²) in [5.74, 6) is 0.874. The Labute approximate surface area is 171 Å². The Balaban J connectivity index is 0.00000312. The fraction of sp³-hybridized carbons (Fsp3) is 0.588. The van der Waals surface area contributed by atoms with Crippen LogP contribution < -0.4 is 10.6 Å². The second-order valence-corrected chi connectivity index (χ2v) is 7.13. The van der Waals surface area contributed by atoms with Crippen molar-refractivity contribution in [3.63, 3.8) is 0 Å². The Morgan fingerprint density at radius 3 is 2.68 bits per heavy atom. The molecular formula is C17H29IN6S. The van der Waals surface area contributed by atoms with Gasteiger partial charge in [-0.15, -0.1) is 35.3 Å². The number of aryl methyl sites for hydroxylation is 4. The van der Waals surface area contributed by atoms with Crippen molar-refractivity contribution in [1.82, 2.24) is 25.4 Å². The fourth-order valence-electron chi connectivity index (χ4n) is 2.46. The van der Waals surface area contributed by atoms with Crippen LogP contribution in [0.3, 0.4) is 0 Å². The molecule has 0 aliphatic rings. The van der Waals surface area contributed by atoms with Gasteiger partial charge in [-0.25, -0.2) is 4.98 Å². The molecule has 2 rings (SSSR count). The summed E-state index contributed by atoms with van der Waals surface area (Å²) in [7, 11) is 0. The van der Waals surface area contributed by atoms with E-state index in [1.54, 1.807) is 11.3 Å². The van der Waals surface area contributed by atoms with Crippen LogP contribution in [0.2, 0.25) is 0 Å². The molecule has 0 radical (unpaired) electrons. The van der Waals surface area contributed by atoms with Gasteiger partial charge < -0.3 is 10.6 Å². The second kappa shape index (κ2) is 11.5. The lowest BCUT2D eigenvalue weighted by atomic mass is 10.4. The molecule has 0 unspecified atom stereocenters. The molecule has 0 bridgehead atoms. The van der Waals surface area contributed by atoms with Gasteiger partial charge in [-0.2, -0.15) is 5.10 Å². The molecule has 0 fully saturated rings. The van der Waals surface area contributed by atoms with Crippen LogP contribution in [-0.4, -0.2) is 40.4 Å². The molecule has 2 heterocycles. The first-order valence-corrected chi connectivity index (χ1v) is 9.34. The number of nitrogens with one attached hydrogen (secondary N) is 2. The van der Waals surface area contributed by atoms with Gasteiger partial charge in [0.25, 0.3) is 0 Å². The summed E-state index contributed by atoms with van der Waals surface area (Å²) in [5, 5.41) is 12.3. The third kappa shape index (κ3) is 7.72. The Hall–Kier alpha value is -1.16. The van der Waals surface area contributed by atoms with E-state index in [1.165, 1.54) is 15.6 Å². The number of rotatable bonds is 8. The topological polar surface area (TPSA) is 67.1 Å². The van der Waals surface area contributed by atoms with Gasteiger partial charge >= 0.3 is 0 Å². The first kappa shape index (κ1) is 21.9. The minimum Gasteiger partial charge on any atom is -0.357 e. The monoisotopic (exact) mass is 476 g/mol. The number of nitrogens with zero attached hydrogens (tertiary/aromatic N) is 4. The lowest BCUT2D eigenvalue weighted by Gasteiger charge is -2.10. The van der Waals surface area contributed by atoms with Crippen molar-refractivity contribution >= 4 is 41.3 Å². The number of hydrogen-bond donors (Lipinski definition) is 2. The summed E-state index contributed by atoms with van der Waals surface area (Å²) >= 11 is 1.75. The van der Waals surface area contributed by atoms with Gasteiger partial charge in [0.2, 0.25) is 0 Å². The number of aliphatic imine (C=N–C) groups is 1. The Kier molecular flexibility index (Phi) is 10.0. The zero-order chi connectivity index (χ0) is 17.4. The van der Waals surface area contributed by atoms with Crippen molar-refractivity contribution in [2.24, 2.45) is 4.99 Å². The van der Waals surface area contributed by atoms with Crippen LogP contribution in [0.15, 0.2) is 17.3 Å². The SMILES string of the molecule is CCNC(=NCCCn1nc(C)cc1C)NCCc1ncc(C)s1.I. The van der Waals surface area contributed by atoms with E-state index in [-0.39, 0.29) is 24.0 Å². The lowest BCUT2D eigenvalue weighted by Crippen LogP contribution is -2.38. The molecule has 0 spiro atoms. The summed E-state index contributed by atoms with van der Waals surface area (Å²) in [6.07, 6.45) is 3.83. The molecule has 2 aromatic heterocycles. The van der Waals surface area contributed by atoms with Gasteiger partial charge in [-0.1, -0.05) is 0 Å². The van der Waals surface area contributed by atoms with Crippen LogP contribution in [0.5, 0.6) is 0 Å². The molecule has 0 aliphatic heterocycles. The predicted molar refractivity (Wildman–Crippen MR) is 116 cm³/mol. The average Bonchev–Trinajstić information content (AvgIpc) is 3.08. The number of halogens is 1. The number of thiazole rings is 1. The molecule has 0 atom stereocenters. The summed E-state index contributed by atoms with van der Waals surface area (Å²) in [4.78, 5) is 10.3. The standard InChI is InChI=1S/C17H28N6S.HI/c1-5-18-17(20-9-7-16-21-12-15(4)24-16)19-8-6-10-23-14(3)11-13(2)22-23;/h11-12H,5-10H2,1-4H3,(H2,18,19,20);1H. The maximum atomic E-state index is 4.64. The molecule has 25 heavy (non-hydrogen) atoms. The summed E-state index contributed by atoms with van der Waals surface area (Å²) < 4.78 is 2.05. The third-order valence-corrected chi connectivity index (χ3v) is 4.52. The molecule has 140 valence electrons. The molecule has 0 saturated carbocycles. The van der Waals surface area contributed by atoms with Crippen molar-refractivity contribution in [2.45, 2.75) is 47.1 Å². The minimum atomic E-state index is 0. The van der Waals surface area contributed by atoms with Crippen LogP contribution in [-0.2, 0) is 13.0 Å². The van der Waals surface area contributed by atoms with Crippen LogP contribution in [0, 0.1) is 20.8 Å². The van der Waals surface area contributed by atoms with Gasteiger partial charge in [0.05, 0.1) is 10.7 Å². The molecule has 2 aromatic rings. The van der Waals surface area contributed by atoms with Gasteiger partial charge in [-0.05, 0) is 40.2 Å². The van der Waals surface area contributed by atoms with E-state index in [0.717, 1.165) is 50.7 Å². The predicted octanol–water partition coefficient (Wildman–Crippen LogP) is 3.07. The molecule has 8 heteroatoms. The van der Waals surface area contributed by atoms with E-state index >= 15 is 0 Å². The summed E-state index contributed by atoms with van der Waals surface area (Å²) in [5.41, 5.74) is 2.28. The van der Waals surface area contributed by atoms with E-state index in [4.69, 9.17) is 0 Å². The highest BCUT2D eigenvalue weighted by atomic mass is 127. The van der Waals surface area contributed by atoms with Gasteiger partial charge in [0.15, 0.2) is 5.96 Å². The van der Waals surface area contributed by atoms with Gasteiger partial charge in [0, 0.05) is 49.4 Å². The summed E-state index contributed by atoms with van der Waals surface area (Å²) in [6, 6.07) is 2.11. The van der Waals surface area contributed by atoms with Crippen molar-refractivity contribution in [1.29, 1.82) is 0 Å². The molecule has 2 N–H and O–H groups in total. The minimum absolute atomic E-state index is 0. The largest absolute Gasteiger partial charge is 0.357 e. The highest BCUT2D eigenvalue weighted by Crippen LogP contribution is 2.10. The lowest BCUT2D eigenvalue weighted by molar-refractivity contribution is 0.567. The first-order valence-electron chi connectivity index (χ1n) is 8.53. The van der Waals surface area contributed by atoms with Crippen molar-refractivity contribution < 1.29 is 0 Å². The van der Waals surface area contributed by atoms with Gasteiger partial charge in [-0.3, -0.25) is 9.67 Å². The average molecular weight is 476 g/mol. The van der Waals surface area contributed by atoms with Crippen molar-refractivity contribution in [2.75, 3.05) is 19.6 Å². The Morgan fingerprint density at radius 2 is 2.08 bits per heavy atom. The van der Waals surface area contributed by atoms with E-state index < -0.39 is 0 Å². The zero-order valence-corrected chi connectivity index (χ0v) is 18.6. The van der Waals surface area contributed by atoms with Crippen LogP contribution in [0.25, 0.3) is 0 Å². The number of hydrogen-bond acceptors (Lipinski definition) is 4. The third-order valence-electron chi connectivity index (χ3n) is 3.55. The molecule has 6 nitrogen and oxygen atoms in total. The molecule has 0 amide bonds. The smallest absolute Gasteiger partial charge is 0.191 e. The maximum absolute atomic E-state index is 4.64. The number of guanidine groups is 1. The van der Waals surface area contributed by atoms with Gasteiger partial charge in [0.1, 0.15) is 0 Å². The summed E-state index contributed by atoms with van der Waals surface area (Å²) in [6.45, 7) is 11.7. The van der Waals surface area contributed by atoms with E-state index in [1.807, 2.05) is 13.1 Å². The second-order valence-electron chi connectivity index (χ2n) is 5.81.